The van der Waals surface area contributed by atoms with E-state index in [1.54, 1.807) is 23.7 Å². The molecule has 8 nitrogen and oxygen atoms in total. The number of carbonyl (C=O) groups excluding carboxylic acids is 2. The van der Waals surface area contributed by atoms with Crippen molar-refractivity contribution in [1.82, 2.24) is 19.9 Å². The van der Waals surface area contributed by atoms with Crippen molar-refractivity contribution in [2.24, 2.45) is 5.73 Å². The molecule has 0 bridgehead atoms. The molecule has 1 aromatic carbocycles. The summed E-state index contributed by atoms with van der Waals surface area (Å²) < 4.78 is 0. The van der Waals surface area contributed by atoms with Crippen LogP contribution in [0.4, 0.5) is 5.69 Å². The van der Waals surface area contributed by atoms with Gasteiger partial charge in [-0.25, -0.2) is 0 Å². The summed E-state index contributed by atoms with van der Waals surface area (Å²) in [4.78, 5) is 45.3. The van der Waals surface area contributed by atoms with Gasteiger partial charge in [0.15, 0.2) is 0 Å². The van der Waals surface area contributed by atoms with Crippen LogP contribution >= 0.6 is 11.3 Å². The van der Waals surface area contributed by atoms with Gasteiger partial charge in [0, 0.05) is 42.6 Å². The summed E-state index contributed by atoms with van der Waals surface area (Å²) in [6, 6.07) is 10.1. The Bertz CT molecular complexity index is 1540. The van der Waals surface area contributed by atoms with E-state index < -0.39 is 11.0 Å². The number of amides is 2. The lowest BCUT2D eigenvalue weighted by Crippen LogP contribution is -2.54. The smallest absolute Gasteiger partial charge is 0.242 e. The number of carbonyl (C=O) groups is 2. The molecule has 3 aliphatic rings. The van der Waals surface area contributed by atoms with Crippen molar-refractivity contribution in [2.45, 2.75) is 43.2 Å². The molecule has 1 saturated heterocycles. The van der Waals surface area contributed by atoms with Gasteiger partial charge in [-0.05, 0) is 42.7 Å². The number of benzene rings is 1. The Hall–Kier alpha value is -3.69. The normalized spacial score (nSPS) is 19.4. The predicted molar refractivity (Wildman–Crippen MR) is 142 cm³/mol. The Labute approximate surface area is 218 Å². The number of thiazole rings is 1. The monoisotopic (exact) mass is 510 g/mol. The highest BCUT2D eigenvalue weighted by Gasteiger charge is 2.55. The van der Waals surface area contributed by atoms with Crippen molar-refractivity contribution in [3.63, 3.8) is 0 Å². The zero-order valence-corrected chi connectivity index (χ0v) is 21.1. The van der Waals surface area contributed by atoms with E-state index in [2.05, 4.69) is 16.0 Å². The van der Waals surface area contributed by atoms with Crippen LogP contribution in [0.1, 0.15) is 36.9 Å². The Balaban J connectivity index is 1.25. The summed E-state index contributed by atoms with van der Waals surface area (Å²) in [5.41, 5.74) is 10.3. The molecule has 186 valence electrons. The van der Waals surface area contributed by atoms with Gasteiger partial charge < -0.3 is 15.5 Å². The van der Waals surface area contributed by atoms with Crippen molar-refractivity contribution in [1.29, 1.82) is 0 Å². The summed E-state index contributed by atoms with van der Waals surface area (Å²) in [5, 5.41) is 2.14. The predicted octanol–water partition coefficient (Wildman–Crippen LogP) is 3.65. The number of nitrogens with two attached hydrogens (primary N) is 1. The highest BCUT2D eigenvalue weighted by molar-refractivity contribution is 7.13. The van der Waals surface area contributed by atoms with Gasteiger partial charge in [0.05, 0.1) is 45.5 Å². The zero-order valence-electron chi connectivity index (χ0n) is 20.3. The van der Waals surface area contributed by atoms with Gasteiger partial charge in [-0.3, -0.25) is 24.5 Å². The third-order valence-corrected chi connectivity index (χ3v) is 9.04. The molecular weight excluding hydrogens is 484 g/mol. The number of anilines is 1. The number of rotatable bonds is 4. The second-order valence-corrected chi connectivity index (χ2v) is 11.2. The Kier molecular flexibility index (Phi) is 4.96. The van der Waals surface area contributed by atoms with Gasteiger partial charge in [0.2, 0.25) is 11.8 Å². The van der Waals surface area contributed by atoms with E-state index in [1.165, 1.54) is 0 Å². The summed E-state index contributed by atoms with van der Waals surface area (Å²) in [6.07, 6.45) is 9.92. The molecular formula is C28H26N6O2S. The van der Waals surface area contributed by atoms with Gasteiger partial charge in [-0.1, -0.05) is 24.3 Å². The first-order chi connectivity index (χ1) is 18.0. The second-order valence-electron chi connectivity index (χ2n) is 10.3. The Morgan fingerprint density at radius 1 is 1.03 bits per heavy atom. The number of piperidine rings is 1. The van der Waals surface area contributed by atoms with Crippen LogP contribution in [-0.4, -0.2) is 50.3 Å². The first kappa shape index (κ1) is 22.5. The van der Waals surface area contributed by atoms with Crippen molar-refractivity contribution in [3.8, 4) is 10.4 Å². The Morgan fingerprint density at radius 2 is 1.84 bits per heavy atom. The molecule has 9 heteroatoms. The molecule has 2 amide bonds. The van der Waals surface area contributed by atoms with Gasteiger partial charge >= 0.3 is 0 Å². The quantitative estimate of drug-likeness (QED) is 0.449. The van der Waals surface area contributed by atoms with Crippen LogP contribution in [0.15, 0.2) is 60.6 Å². The third-order valence-electron chi connectivity index (χ3n) is 8.24. The zero-order chi connectivity index (χ0) is 25.2. The minimum Gasteiger partial charge on any atom is -0.341 e. The summed E-state index contributed by atoms with van der Waals surface area (Å²) >= 11 is 1.57. The maximum Gasteiger partial charge on any atom is 0.242 e. The number of likely N-dealkylation sites (tertiary alicyclic amines) is 1. The van der Waals surface area contributed by atoms with E-state index in [4.69, 9.17) is 10.7 Å². The van der Waals surface area contributed by atoms with Crippen LogP contribution < -0.4 is 10.6 Å². The SMILES string of the molecule is NC1(C(=O)N2CCC3(CC2)C(=O)N(Cc2ncc4ccccc4c2-c2cncs2)c2cnccc23)CC1. The highest BCUT2D eigenvalue weighted by atomic mass is 32.1. The van der Waals surface area contributed by atoms with Gasteiger partial charge in [-0.15, -0.1) is 11.3 Å². The summed E-state index contributed by atoms with van der Waals surface area (Å²) in [5.74, 6) is 0.0795. The van der Waals surface area contributed by atoms with Crippen molar-refractivity contribution in [3.05, 3.63) is 71.9 Å². The molecule has 2 fully saturated rings. The molecule has 5 heterocycles. The van der Waals surface area contributed by atoms with E-state index in [9.17, 15) is 9.59 Å². The van der Waals surface area contributed by atoms with Crippen LogP contribution in [0.2, 0.25) is 0 Å². The maximum atomic E-state index is 14.2. The average molecular weight is 511 g/mol. The molecule has 1 spiro atoms. The number of aromatic nitrogens is 3. The molecule has 3 aromatic heterocycles. The number of pyridine rings is 2. The van der Waals surface area contributed by atoms with E-state index in [1.807, 2.05) is 52.0 Å². The van der Waals surface area contributed by atoms with Crippen molar-refractivity contribution < 1.29 is 9.59 Å². The molecule has 0 unspecified atom stereocenters. The average Bonchev–Trinajstić information content (AvgIpc) is 3.38. The first-order valence-corrected chi connectivity index (χ1v) is 13.5. The van der Waals surface area contributed by atoms with Crippen LogP contribution in [-0.2, 0) is 21.5 Å². The lowest BCUT2D eigenvalue weighted by molar-refractivity contribution is -0.137. The van der Waals surface area contributed by atoms with Crippen LogP contribution in [0.3, 0.4) is 0 Å². The van der Waals surface area contributed by atoms with Crippen LogP contribution in [0, 0.1) is 0 Å². The fourth-order valence-electron chi connectivity index (χ4n) is 5.97. The van der Waals surface area contributed by atoms with Crippen LogP contribution in [0.25, 0.3) is 21.2 Å². The summed E-state index contributed by atoms with van der Waals surface area (Å²) in [6.45, 7) is 1.39. The molecule has 0 radical (unpaired) electrons. The van der Waals surface area contributed by atoms with E-state index >= 15 is 0 Å². The molecule has 37 heavy (non-hydrogen) atoms. The molecule has 2 N–H and O–H groups in total. The standard InChI is InChI=1S/C28H26N6O2S/c29-28(6-7-28)26(36)33-11-8-27(9-12-33)20-5-10-30-14-22(20)34(25(27)35)16-21-24(23-15-31-17-37-23)19-4-2-1-3-18(19)13-32-21/h1-5,10,13-15,17H,6-9,11-12,16,29H2. The maximum absolute atomic E-state index is 14.2. The topological polar surface area (TPSA) is 105 Å². The van der Waals surface area contributed by atoms with E-state index in [0.29, 0.717) is 32.5 Å². The second kappa shape index (κ2) is 8.16. The van der Waals surface area contributed by atoms with E-state index in [0.717, 1.165) is 51.0 Å². The fourth-order valence-corrected chi connectivity index (χ4v) is 6.68. The largest absolute Gasteiger partial charge is 0.341 e. The molecule has 1 saturated carbocycles. The number of hydrogen-bond acceptors (Lipinski definition) is 7. The number of nitrogens with zero attached hydrogens (tertiary/aromatic N) is 5. The molecule has 7 rings (SSSR count). The summed E-state index contributed by atoms with van der Waals surface area (Å²) in [7, 11) is 0. The molecule has 1 aliphatic carbocycles. The molecule has 2 aliphatic heterocycles. The number of fused-ring (bicyclic) bond motifs is 3. The van der Waals surface area contributed by atoms with Gasteiger partial charge in [-0.2, -0.15) is 0 Å². The molecule has 4 aromatic rings. The van der Waals surface area contributed by atoms with Gasteiger partial charge in [0.25, 0.3) is 0 Å². The lowest BCUT2D eigenvalue weighted by atomic mass is 9.74. The molecule has 0 atom stereocenters. The minimum absolute atomic E-state index is 0.0224. The fraction of sp³-hybridized carbons (Fsp3) is 0.321. The van der Waals surface area contributed by atoms with E-state index in [-0.39, 0.29) is 11.8 Å². The lowest BCUT2D eigenvalue weighted by Gasteiger charge is -2.39. The highest BCUT2D eigenvalue weighted by Crippen LogP contribution is 2.49. The third kappa shape index (κ3) is 3.41. The van der Waals surface area contributed by atoms with Crippen LogP contribution in [0.5, 0.6) is 0 Å². The van der Waals surface area contributed by atoms with Crippen molar-refractivity contribution >= 4 is 39.6 Å². The first-order valence-electron chi connectivity index (χ1n) is 12.6. The van der Waals surface area contributed by atoms with Crippen molar-refractivity contribution in [2.75, 3.05) is 18.0 Å². The minimum atomic E-state index is -0.688. The van der Waals surface area contributed by atoms with Gasteiger partial charge in [0.1, 0.15) is 0 Å². The number of hydrogen-bond donors (Lipinski definition) is 1. The Morgan fingerprint density at radius 3 is 2.59 bits per heavy atom.